The molecule has 3 atom stereocenters. The van der Waals surface area contributed by atoms with E-state index >= 15 is 0 Å². The summed E-state index contributed by atoms with van der Waals surface area (Å²) in [6, 6.07) is 6.56. The van der Waals surface area contributed by atoms with E-state index in [2.05, 4.69) is 15.0 Å². The van der Waals surface area contributed by atoms with Crippen molar-refractivity contribution in [3.8, 4) is 28.7 Å². The lowest BCUT2D eigenvalue weighted by Crippen LogP contribution is -2.39. The van der Waals surface area contributed by atoms with Gasteiger partial charge in [0.25, 0.3) is 0 Å². The Morgan fingerprint density at radius 3 is 2.40 bits per heavy atom. The fourth-order valence-electron chi connectivity index (χ4n) is 6.04. The topological polar surface area (TPSA) is 98.9 Å². The van der Waals surface area contributed by atoms with Gasteiger partial charge in [-0.1, -0.05) is 24.3 Å². The predicted molar refractivity (Wildman–Crippen MR) is 151 cm³/mol. The first-order valence-corrected chi connectivity index (χ1v) is 14.4. The van der Waals surface area contributed by atoms with Gasteiger partial charge in [-0.15, -0.1) is 0 Å². The molecule has 2 aliphatic carbocycles. The number of hydrogen-bond acceptors (Lipinski definition) is 7. The molecule has 4 aromatic rings. The zero-order chi connectivity index (χ0) is 30.2. The molecule has 0 unspecified atom stereocenters. The van der Waals surface area contributed by atoms with Gasteiger partial charge in [0.15, 0.2) is 11.5 Å². The zero-order valence-electron chi connectivity index (χ0n) is 24.1. The molecule has 3 aliphatic rings. The number of rotatable bonds is 7. The zero-order valence-corrected chi connectivity index (χ0v) is 24.1. The first kappa shape index (κ1) is 27.5. The number of amides is 1. The van der Waals surface area contributed by atoms with Crippen LogP contribution in [0.5, 0.6) is 5.88 Å². The Kier molecular flexibility index (Phi) is 6.30. The van der Waals surface area contributed by atoms with Crippen molar-refractivity contribution in [2.24, 2.45) is 5.92 Å². The van der Waals surface area contributed by atoms with Crippen molar-refractivity contribution in [1.82, 2.24) is 29.5 Å². The van der Waals surface area contributed by atoms with Gasteiger partial charge in [0.1, 0.15) is 23.5 Å². The molecule has 0 spiro atoms. The highest BCUT2D eigenvalue weighted by atomic mass is 19.4. The molecule has 1 aliphatic heterocycles. The Morgan fingerprint density at radius 1 is 1.00 bits per heavy atom. The average molecular weight is 590 g/mol. The van der Waals surface area contributed by atoms with Crippen LogP contribution in [0.4, 0.5) is 19.0 Å². The first-order valence-electron chi connectivity index (χ1n) is 14.4. The van der Waals surface area contributed by atoms with Crippen LogP contribution in [-0.2, 0) is 11.0 Å². The molecule has 1 aromatic carbocycles. The second kappa shape index (κ2) is 9.85. The molecule has 1 amide bonds. The van der Waals surface area contributed by atoms with E-state index in [0.29, 0.717) is 34.6 Å². The lowest BCUT2D eigenvalue weighted by molar-refractivity contribution is -0.141. The van der Waals surface area contributed by atoms with Gasteiger partial charge in [-0.3, -0.25) is 9.69 Å². The van der Waals surface area contributed by atoms with Gasteiger partial charge < -0.3 is 9.30 Å². The Hall–Kier alpha value is -4.35. The molecule has 0 N–H and O–H groups in total. The highest BCUT2D eigenvalue weighted by molar-refractivity contribution is 6.01. The standard InChI is InChI=1S/C31H30F3N7O2/c1-15(2)40-13-23(31(32,33)34)38-27(40)19-9-5-17(6-10-19)16(3)41-28-22(20-11-21(20)30(41)42)12-35-26(39-28)24-25(18-7-8-18)36-14-37-29(24)43-4/h5-6,9-10,12-16,18,20-21H,7-8,11H2,1-4H3/t16-,20+,21-/m0/s1. The van der Waals surface area contributed by atoms with Gasteiger partial charge in [-0.05, 0) is 45.6 Å². The number of anilines is 1. The lowest BCUT2D eigenvalue weighted by atomic mass is 9.99. The van der Waals surface area contributed by atoms with E-state index in [1.807, 2.05) is 39.1 Å². The summed E-state index contributed by atoms with van der Waals surface area (Å²) in [5.74, 6) is 1.89. The third-order valence-corrected chi connectivity index (χ3v) is 8.61. The number of ether oxygens (including phenoxy) is 1. The van der Waals surface area contributed by atoms with E-state index in [4.69, 9.17) is 14.7 Å². The van der Waals surface area contributed by atoms with E-state index < -0.39 is 17.9 Å². The molecule has 12 heteroatoms. The summed E-state index contributed by atoms with van der Waals surface area (Å²) in [5.41, 5.74) is 2.88. The Morgan fingerprint density at radius 2 is 1.74 bits per heavy atom. The molecule has 2 fully saturated rings. The summed E-state index contributed by atoms with van der Waals surface area (Å²) in [5, 5.41) is 0. The fourth-order valence-corrected chi connectivity index (χ4v) is 6.04. The SMILES string of the molecule is COc1ncnc(C2CC2)c1-c1ncc2c(n1)N([C@@H](C)c1ccc(-c3nc(C(F)(F)F)cn3C(C)C)cc1)C(=O)[C@H]1C[C@@H]21. The van der Waals surface area contributed by atoms with Crippen LogP contribution in [0.2, 0.25) is 0 Å². The van der Waals surface area contributed by atoms with Gasteiger partial charge in [-0.2, -0.15) is 13.2 Å². The van der Waals surface area contributed by atoms with Crippen LogP contribution in [0.1, 0.15) is 86.5 Å². The number of imidazole rings is 1. The second-order valence-corrected chi connectivity index (χ2v) is 11.8. The minimum Gasteiger partial charge on any atom is -0.480 e. The van der Waals surface area contributed by atoms with E-state index in [9.17, 15) is 18.0 Å². The fraction of sp³-hybridized carbons (Fsp3) is 0.419. The van der Waals surface area contributed by atoms with Crippen LogP contribution >= 0.6 is 0 Å². The smallest absolute Gasteiger partial charge is 0.434 e. The van der Waals surface area contributed by atoms with Crippen molar-refractivity contribution in [1.29, 1.82) is 0 Å². The van der Waals surface area contributed by atoms with E-state index in [1.165, 1.54) is 10.9 Å². The van der Waals surface area contributed by atoms with E-state index in [0.717, 1.165) is 42.3 Å². The van der Waals surface area contributed by atoms with Gasteiger partial charge in [-0.25, -0.2) is 24.9 Å². The molecule has 222 valence electrons. The predicted octanol–water partition coefficient (Wildman–Crippen LogP) is 6.49. The minimum absolute atomic E-state index is 0.00240. The number of nitrogens with zero attached hydrogens (tertiary/aromatic N) is 7. The molecule has 0 radical (unpaired) electrons. The summed E-state index contributed by atoms with van der Waals surface area (Å²) in [6.07, 6.45) is 2.60. The number of methoxy groups -OCH3 is 1. The van der Waals surface area contributed by atoms with Crippen LogP contribution in [0, 0.1) is 5.92 Å². The summed E-state index contributed by atoms with van der Waals surface area (Å²) in [6.45, 7) is 5.56. The lowest BCUT2D eigenvalue weighted by Gasteiger charge is -2.33. The number of fused-ring (bicyclic) bond motifs is 3. The van der Waals surface area contributed by atoms with Crippen molar-refractivity contribution in [2.45, 2.75) is 70.1 Å². The number of aromatic nitrogens is 6. The van der Waals surface area contributed by atoms with Gasteiger partial charge in [0.2, 0.25) is 11.8 Å². The summed E-state index contributed by atoms with van der Waals surface area (Å²) in [7, 11) is 1.55. The molecule has 9 nitrogen and oxygen atoms in total. The monoisotopic (exact) mass is 589 g/mol. The van der Waals surface area contributed by atoms with Crippen molar-refractivity contribution in [3.63, 3.8) is 0 Å². The molecule has 43 heavy (non-hydrogen) atoms. The molecule has 2 saturated carbocycles. The molecule has 0 bridgehead atoms. The number of benzene rings is 1. The van der Waals surface area contributed by atoms with Gasteiger partial charge >= 0.3 is 6.18 Å². The van der Waals surface area contributed by atoms with Gasteiger partial charge in [0, 0.05) is 47.3 Å². The molecular formula is C31H30F3N7O2. The van der Waals surface area contributed by atoms with Crippen molar-refractivity contribution >= 4 is 11.7 Å². The van der Waals surface area contributed by atoms with Crippen LogP contribution in [-0.4, -0.2) is 42.5 Å². The Labute approximate surface area is 246 Å². The first-order chi connectivity index (χ1) is 20.6. The Bertz CT molecular complexity index is 1730. The highest BCUT2D eigenvalue weighted by Crippen LogP contribution is 2.56. The maximum atomic E-state index is 13.7. The minimum atomic E-state index is -4.54. The second-order valence-electron chi connectivity index (χ2n) is 11.8. The van der Waals surface area contributed by atoms with Crippen LogP contribution < -0.4 is 9.64 Å². The third-order valence-electron chi connectivity index (χ3n) is 8.61. The number of halogens is 3. The van der Waals surface area contributed by atoms with Crippen LogP contribution in [0.3, 0.4) is 0 Å². The maximum absolute atomic E-state index is 13.7. The van der Waals surface area contributed by atoms with Gasteiger partial charge in [0.05, 0.1) is 18.8 Å². The van der Waals surface area contributed by atoms with Crippen LogP contribution in [0.25, 0.3) is 22.8 Å². The number of carbonyl (C=O) groups excluding carboxylic acids is 1. The van der Waals surface area contributed by atoms with Crippen molar-refractivity contribution < 1.29 is 22.7 Å². The Balaban J connectivity index is 1.26. The van der Waals surface area contributed by atoms with Crippen molar-refractivity contribution in [2.75, 3.05) is 12.0 Å². The quantitative estimate of drug-likeness (QED) is 0.243. The summed E-state index contributed by atoms with van der Waals surface area (Å²) >= 11 is 0. The highest BCUT2D eigenvalue weighted by Gasteiger charge is 2.53. The van der Waals surface area contributed by atoms with Crippen LogP contribution in [0.15, 0.2) is 43.0 Å². The maximum Gasteiger partial charge on any atom is 0.434 e. The summed E-state index contributed by atoms with van der Waals surface area (Å²) < 4.78 is 47.4. The number of alkyl halides is 3. The van der Waals surface area contributed by atoms with E-state index in [1.54, 1.807) is 24.1 Å². The molecule has 7 rings (SSSR count). The largest absolute Gasteiger partial charge is 0.480 e. The molecule has 0 saturated heterocycles. The van der Waals surface area contributed by atoms with Crippen molar-refractivity contribution in [3.05, 3.63) is 65.5 Å². The number of carbonyl (C=O) groups is 1. The molecule has 4 heterocycles. The molecule has 3 aromatic heterocycles. The molecular weight excluding hydrogens is 559 g/mol. The average Bonchev–Trinajstić information content (AvgIpc) is 3.93. The third kappa shape index (κ3) is 4.63. The summed E-state index contributed by atoms with van der Waals surface area (Å²) in [4.78, 5) is 37.8. The van der Waals surface area contributed by atoms with E-state index in [-0.39, 0.29) is 29.6 Å². The number of hydrogen-bond donors (Lipinski definition) is 0. The normalized spacial score (nSPS) is 20.2.